The number of nitrogens with one attached hydrogen (secondary N) is 1. The van der Waals surface area contributed by atoms with E-state index in [1.807, 2.05) is 65.7 Å². The molecule has 0 aliphatic heterocycles. The van der Waals surface area contributed by atoms with Gasteiger partial charge in [-0.15, -0.1) is 0 Å². The van der Waals surface area contributed by atoms with E-state index in [4.69, 9.17) is 4.52 Å². The molecule has 0 radical (unpaired) electrons. The van der Waals surface area contributed by atoms with E-state index in [1.54, 1.807) is 11.3 Å². The third-order valence-corrected chi connectivity index (χ3v) is 5.40. The predicted molar refractivity (Wildman–Crippen MR) is 111 cm³/mol. The highest BCUT2D eigenvalue weighted by Crippen LogP contribution is 2.19. The third kappa shape index (κ3) is 4.27. The first-order valence-corrected chi connectivity index (χ1v) is 10.3. The Morgan fingerprint density at radius 1 is 1.21 bits per heavy atom. The van der Waals surface area contributed by atoms with Gasteiger partial charge in [-0.2, -0.15) is 21.4 Å². The first kappa shape index (κ1) is 19.1. The number of hydrogen-bond donors (Lipinski definition) is 1. The molecule has 0 saturated carbocycles. The van der Waals surface area contributed by atoms with E-state index in [0.29, 0.717) is 24.7 Å². The molecule has 0 atom stereocenters. The van der Waals surface area contributed by atoms with Crippen LogP contribution in [0.4, 0.5) is 0 Å². The Morgan fingerprint density at radius 3 is 2.79 bits per heavy atom. The largest absolute Gasteiger partial charge is 0.352 e. The number of rotatable bonds is 7. The van der Waals surface area contributed by atoms with E-state index in [0.717, 1.165) is 28.2 Å². The summed E-state index contributed by atoms with van der Waals surface area (Å²) in [6.45, 7) is 4.41. The molecule has 1 aromatic carbocycles. The maximum atomic E-state index is 12.3. The SMILES string of the molecule is Cc1nn(-c2ccccc2)c(C)c1CNC(=O)CCc1nc(-c2ccsc2)no1. The van der Waals surface area contributed by atoms with Crippen LogP contribution in [0.3, 0.4) is 0 Å². The van der Waals surface area contributed by atoms with Gasteiger partial charge in [-0.05, 0) is 37.4 Å². The second-order valence-corrected chi connectivity index (χ2v) is 7.48. The maximum absolute atomic E-state index is 12.3. The number of amides is 1. The van der Waals surface area contributed by atoms with Crippen molar-refractivity contribution in [1.29, 1.82) is 0 Å². The number of nitrogens with zero attached hydrogens (tertiary/aromatic N) is 4. The van der Waals surface area contributed by atoms with Gasteiger partial charge in [0.1, 0.15) is 0 Å². The van der Waals surface area contributed by atoms with Crippen LogP contribution in [-0.4, -0.2) is 25.8 Å². The molecule has 7 nitrogen and oxygen atoms in total. The second kappa shape index (κ2) is 8.40. The number of carbonyl (C=O) groups is 1. The van der Waals surface area contributed by atoms with Crippen LogP contribution in [0.1, 0.15) is 29.3 Å². The van der Waals surface area contributed by atoms with Crippen LogP contribution in [-0.2, 0) is 17.8 Å². The normalized spacial score (nSPS) is 11.0. The molecule has 0 aliphatic rings. The second-order valence-electron chi connectivity index (χ2n) is 6.70. The lowest BCUT2D eigenvalue weighted by atomic mass is 10.2. The molecule has 3 aromatic heterocycles. The van der Waals surface area contributed by atoms with Crippen molar-refractivity contribution in [2.24, 2.45) is 0 Å². The molecule has 0 unspecified atom stereocenters. The van der Waals surface area contributed by atoms with Gasteiger partial charge >= 0.3 is 0 Å². The lowest BCUT2D eigenvalue weighted by Gasteiger charge is -2.07. The van der Waals surface area contributed by atoms with Gasteiger partial charge in [0.05, 0.1) is 11.4 Å². The van der Waals surface area contributed by atoms with Crippen molar-refractivity contribution >= 4 is 17.2 Å². The summed E-state index contributed by atoms with van der Waals surface area (Å²) in [6.07, 6.45) is 0.695. The highest BCUT2D eigenvalue weighted by Gasteiger charge is 2.15. The van der Waals surface area contributed by atoms with Gasteiger partial charge in [-0.1, -0.05) is 23.4 Å². The smallest absolute Gasteiger partial charge is 0.227 e. The number of para-hydroxylation sites is 1. The Morgan fingerprint density at radius 2 is 2.03 bits per heavy atom. The van der Waals surface area contributed by atoms with Crippen molar-refractivity contribution in [2.75, 3.05) is 0 Å². The van der Waals surface area contributed by atoms with Crippen LogP contribution in [0, 0.1) is 13.8 Å². The van der Waals surface area contributed by atoms with Crippen molar-refractivity contribution < 1.29 is 9.32 Å². The molecule has 1 amide bonds. The average molecular weight is 407 g/mol. The molecule has 0 spiro atoms. The van der Waals surface area contributed by atoms with E-state index in [2.05, 4.69) is 20.6 Å². The number of aromatic nitrogens is 4. The summed E-state index contributed by atoms with van der Waals surface area (Å²) in [4.78, 5) is 16.6. The van der Waals surface area contributed by atoms with Crippen LogP contribution in [0.15, 0.2) is 51.7 Å². The quantitative estimate of drug-likeness (QED) is 0.503. The molecule has 0 saturated heterocycles. The topological polar surface area (TPSA) is 85.8 Å². The summed E-state index contributed by atoms with van der Waals surface area (Å²) in [5.41, 5.74) is 4.88. The zero-order chi connectivity index (χ0) is 20.2. The summed E-state index contributed by atoms with van der Waals surface area (Å²) in [6, 6.07) is 11.9. The predicted octanol–water partition coefficient (Wildman–Crippen LogP) is 3.85. The molecule has 3 heterocycles. The number of benzene rings is 1. The summed E-state index contributed by atoms with van der Waals surface area (Å²) < 4.78 is 7.15. The molecule has 0 bridgehead atoms. The summed E-state index contributed by atoms with van der Waals surface area (Å²) >= 11 is 1.58. The first-order valence-electron chi connectivity index (χ1n) is 9.34. The van der Waals surface area contributed by atoms with Crippen molar-refractivity contribution in [1.82, 2.24) is 25.2 Å². The van der Waals surface area contributed by atoms with E-state index < -0.39 is 0 Å². The zero-order valence-electron chi connectivity index (χ0n) is 16.3. The monoisotopic (exact) mass is 407 g/mol. The molecular weight excluding hydrogens is 386 g/mol. The minimum Gasteiger partial charge on any atom is -0.352 e. The average Bonchev–Trinajstić information content (AvgIpc) is 3.47. The van der Waals surface area contributed by atoms with E-state index in [1.165, 1.54) is 0 Å². The third-order valence-electron chi connectivity index (χ3n) is 4.72. The molecular formula is C21H21N5O2S. The molecule has 148 valence electrons. The van der Waals surface area contributed by atoms with Gasteiger partial charge in [-0.25, -0.2) is 4.68 Å². The fraction of sp³-hybridized carbons (Fsp3) is 0.238. The zero-order valence-corrected chi connectivity index (χ0v) is 17.1. The number of thiophene rings is 1. The summed E-state index contributed by atoms with van der Waals surface area (Å²) in [7, 11) is 0. The molecule has 4 aromatic rings. The van der Waals surface area contributed by atoms with Crippen LogP contribution < -0.4 is 5.32 Å². The van der Waals surface area contributed by atoms with Crippen LogP contribution in [0.5, 0.6) is 0 Å². The van der Waals surface area contributed by atoms with Gasteiger partial charge in [0.25, 0.3) is 0 Å². The Kier molecular flexibility index (Phi) is 5.53. The van der Waals surface area contributed by atoms with Gasteiger partial charge in [0, 0.05) is 41.6 Å². The van der Waals surface area contributed by atoms with Crippen molar-refractivity contribution in [2.45, 2.75) is 33.2 Å². The molecule has 4 rings (SSSR count). The Bertz CT molecular complexity index is 1100. The van der Waals surface area contributed by atoms with Crippen LogP contribution in [0.2, 0.25) is 0 Å². The molecule has 8 heteroatoms. The summed E-state index contributed by atoms with van der Waals surface area (Å²) in [5.74, 6) is 0.957. The number of aryl methyl sites for hydroxylation is 2. The Balaban J connectivity index is 1.34. The van der Waals surface area contributed by atoms with Gasteiger partial charge in [-0.3, -0.25) is 4.79 Å². The molecule has 0 fully saturated rings. The van der Waals surface area contributed by atoms with Gasteiger partial charge < -0.3 is 9.84 Å². The lowest BCUT2D eigenvalue weighted by molar-refractivity contribution is -0.121. The fourth-order valence-electron chi connectivity index (χ4n) is 3.11. The molecule has 29 heavy (non-hydrogen) atoms. The number of hydrogen-bond acceptors (Lipinski definition) is 6. The van der Waals surface area contributed by atoms with Gasteiger partial charge in [0.15, 0.2) is 0 Å². The molecule has 1 N–H and O–H groups in total. The fourth-order valence-corrected chi connectivity index (χ4v) is 3.75. The highest BCUT2D eigenvalue weighted by molar-refractivity contribution is 7.08. The minimum absolute atomic E-state index is 0.0634. The van der Waals surface area contributed by atoms with Crippen molar-refractivity contribution in [3.05, 3.63) is 70.0 Å². The van der Waals surface area contributed by atoms with E-state index >= 15 is 0 Å². The molecule has 0 aliphatic carbocycles. The summed E-state index contributed by atoms with van der Waals surface area (Å²) in [5, 5.41) is 15.5. The lowest BCUT2D eigenvalue weighted by Crippen LogP contribution is -2.23. The standard InChI is InChI=1S/C21H21N5O2S/c1-14-18(15(2)26(24-14)17-6-4-3-5-7-17)12-22-19(27)8-9-20-23-21(25-28-20)16-10-11-29-13-16/h3-7,10-11,13H,8-9,12H2,1-2H3,(H,22,27). The van der Waals surface area contributed by atoms with Crippen LogP contribution >= 0.6 is 11.3 Å². The van der Waals surface area contributed by atoms with Crippen molar-refractivity contribution in [3.63, 3.8) is 0 Å². The van der Waals surface area contributed by atoms with Crippen LogP contribution in [0.25, 0.3) is 17.1 Å². The Labute approximate surface area is 172 Å². The number of carbonyl (C=O) groups excluding carboxylic acids is 1. The van der Waals surface area contributed by atoms with Gasteiger partial charge in [0.2, 0.25) is 17.6 Å². The van der Waals surface area contributed by atoms with E-state index in [-0.39, 0.29) is 12.3 Å². The Hall–Kier alpha value is -3.26. The first-order chi connectivity index (χ1) is 14.1. The maximum Gasteiger partial charge on any atom is 0.227 e. The van der Waals surface area contributed by atoms with Crippen molar-refractivity contribution in [3.8, 4) is 17.1 Å². The highest BCUT2D eigenvalue weighted by atomic mass is 32.1. The van der Waals surface area contributed by atoms with E-state index in [9.17, 15) is 4.79 Å². The minimum atomic E-state index is -0.0634.